The number of piperidine rings is 1. The van der Waals surface area contributed by atoms with Gasteiger partial charge in [0.2, 0.25) is 0 Å². The Labute approximate surface area is 174 Å². The van der Waals surface area contributed by atoms with Gasteiger partial charge in [-0.1, -0.05) is 6.92 Å². The smallest absolute Gasteiger partial charge is 0.338 e. The molecule has 0 N–H and O–H groups in total. The van der Waals surface area contributed by atoms with Crippen molar-refractivity contribution in [2.75, 3.05) is 24.5 Å². The zero-order chi connectivity index (χ0) is 20.8. The van der Waals surface area contributed by atoms with Crippen LogP contribution in [-0.2, 0) is 13.5 Å². The topological polar surface area (TPSA) is 75.7 Å². The average Bonchev–Trinajstić information content (AvgIpc) is 3.05. The first-order valence-electron chi connectivity index (χ1n) is 10.6. The molecule has 1 atom stereocenters. The predicted octanol–water partition coefficient (Wildman–Crippen LogP) is 2.38. The third-order valence-electron chi connectivity index (χ3n) is 6.18. The number of anilines is 2. The highest BCUT2D eigenvalue weighted by Gasteiger charge is 2.25. The minimum Gasteiger partial charge on any atom is -0.338 e. The summed E-state index contributed by atoms with van der Waals surface area (Å²) in [6, 6.07) is 5.84. The number of aryl methyl sites for hydroxylation is 2. The molecular formula is C22H26N6O2. The van der Waals surface area contributed by atoms with Crippen LogP contribution in [0.3, 0.4) is 0 Å². The van der Waals surface area contributed by atoms with Crippen LogP contribution in [0.2, 0.25) is 0 Å². The van der Waals surface area contributed by atoms with Crippen LogP contribution in [0.1, 0.15) is 42.1 Å². The van der Waals surface area contributed by atoms with Gasteiger partial charge in [0.1, 0.15) is 5.82 Å². The van der Waals surface area contributed by atoms with Gasteiger partial charge in [-0.3, -0.25) is 9.20 Å². The van der Waals surface area contributed by atoms with Gasteiger partial charge in [0.15, 0.2) is 5.65 Å². The standard InChI is InChI=1S/C22H26N6O2/c1-15-5-3-8-26(14-15)21(29)17-11-16-6-4-9-27(20(16)23-13-17)18-7-10-28-19(12-18)24-25(2)22(28)30/h7,10-13,15H,3-6,8-9,14H2,1-2H3/t15-/m0/s1. The maximum absolute atomic E-state index is 13.0. The highest BCUT2D eigenvalue weighted by atomic mass is 16.2. The first kappa shape index (κ1) is 18.8. The molecule has 1 saturated heterocycles. The molecule has 3 aromatic heterocycles. The Hall–Kier alpha value is -3.16. The van der Waals surface area contributed by atoms with E-state index in [9.17, 15) is 9.59 Å². The van der Waals surface area contributed by atoms with Gasteiger partial charge >= 0.3 is 5.69 Å². The van der Waals surface area contributed by atoms with Gasteiger partial charge in [-0.15, -0.1) is 0 Å². The first-order valence-corrected chi connectivity index (χ1v) is 10.6. The highest BCUT2D eigenvalue weighted by Crippen LogP contribution is 2.32. The minimum absolute atomic E-state index is 0.0863. The van der Waals surface area contributed by atoms with Crippen LogP contribution < -0.4 is 10.6 Å². The fourth-order valence-electron chi connectivity index (χ4n) is 4.62. The SMILES string of the molecule is C[C@H]1CCCN(C(=O)c2cnc3c(c2)CCCN3c2ccn3c(=O)n(C)nc3c2)C1. The van der Waals surface area contributed by atoms with Crippen LogP contribution >= 0.6 is 0 Å². The van der Waals surface area contributed by atoms with E-state index < -0.39 is 0 Å². The molecule has 0 aromatic carbocycles. The summed E-state index contributed by atoms with van der Waals surface area (Å²) in [4.78, 5) is 33.9. The molecule has 3 aromatic rings. The Bertz CT molecular complexity index is 1180. The summed E-state index contributed by atoms with van der Waals surface area (Å²) < 4.78 is 2.87. The van der Waals surface area contributed by atoms with Gasteiger partial charge in [-0.05, 0) is 49.3 Å². The van der Waals surface area contributed by atoms with Crippen molar-refractivity contribution in [3.63, 3.8) is 0 Å². The van der Waals surface area contributed by atoms with Gasteiger partial charge < -0.3 is 9.80 Å². The molecule has 156 valence electrons. The number of hydrogen-bond acceptors (Lipinski definition) is 5. The Morgan fingerprint density at radius 2 is 2.07 bits per heavy atom. The van der Waals surface area contributed by atoms with Crippen LogP contribution in [0.5, 0.6) is 0 Å². The van der Waals surface area contributed by atoms with Crippen LogP contribution in [0, 0.1) is 5.92 Å². The number of aromatic nitrogens is 4. The second-order valence-electron chi connectivity index (χ2n) is 8.48. The Morgan fingerprint density at radius 1 is 1.20 bits per heavy atom. The van der Waals surface area contributed by atoms with E-state index in [0.717, 1.165) is 56.0 Å². The Morgan fingerprint density at radius 3 is 2.90 bits per heavy atom. The summed E-state index contributed by atoms with van der Waals surface area (Å²) in [5.41, 5.74) is 3.17. The summed E-state index contributed by atoms with van der Waals surface area (Å²) in [7, 11) is 1.65. The van der Waals surface area contributed by atoms with Gasteiger partial charge in [-0.25, -0.2) is 14.5 Å². The number of rotatable bonds is 2. The lowest BCUT2D eigenvalue weighted by Gasteiger charge is -2.32. The van der Waals surface area contributed by atoms with E-state index in [0.29, 0.717) is 17.1 Å². The molecule has 0 saturated carbocycles. The molecular weight excluding hydrogens is 380 g/mol. The van der Waals surface area contributed by atoms with E-state index in [4.69, 9.17) is 4.98 Å². The third kappa shape index (κ3) is 3.16. The van der Waals surface area contributed by atoms with Crippen molar-refractivity contribution in [2.24, 2.45) is 13.0 Å². The molecule has 5 heterocycles. The summed E-state index contributed by atoms with van der Waals surface area (Å²) in [6.07, 6.45) is 7.60. The maximum atomic E-state index is 13.0. The monoisotopic (exact) mass is 406 g/mol. The number of nitrogens with zero attached hydrogens (tertiary/aromatic N) is 6. The van der Waals surface area contributed by atoms with Crippen LogP contribution in [-0.4, -0.2) is 49.6 Å². The van der Waals surface area contributed by atoms with E-state index in [2.05, 4.69) is 16.9 Å². The number of likely N-dealkylation sites (tertiary alicyclic amines) is 1. The number of fused-ring (bicyclic) bond motifs is 2. The van der Waals surface area contributed by atoms with Gasteiger partial charge in [0, 0.05) is 50.8 Å². The van der Waals surface area contributed by atoms with E-state index in [1.165, 1.54) is 15.5 Å². The van der Waals surface area contributed by atoms with Crippen molar-refractivity contribution in [1.29, 1.82) is 0 Å². The van der Waals surface area contributed by atoms with Crippen molar-refractivity contribution >= 4 is 23.1 Å². The first-order chi connectivity index (χ1) is 14.5. The second kappa shape index (κ2) is 7.27. The second-order valence-corrected chi connectivity index (χ2v) is 8.48. The Kier molecular flexibility index (Phi) is 4.56. The zero-order valence-electron chi connectivity index (χ0n) is 17.4. The van der Waals surface area contributed by atoms with Gasteiger partial charge in [-0.2, -0.15) is 5.10 Å². The fourth-order valence-corrected chi connectivity index (χ4v) is 4.62. The third-order valence-corrected chi connectivity index (χ3v) is 6.18. The quantitative estimate of drug-likeness (QED) is 0.653. The fraction of sp³-hybridized carbons (Fsp3) is 0.455. The molecule has 30 heavy (non-hydrogen) atoms. The highest BCUT2D eigenvalue weighted by molar-refractivity contribution is 5.94. The summed E-state index contributed by atoms with van der Waals surface area (Å²) in [5.74, 6) is 1.52. The summed E-state index contributed by atoms with van der Waals surface area (Å²) in [5, 5.41) is 4.29. The molecule has 0 aliphatic carbocycles. The molecule has 1 amide bonds. The van der Waals surface area contributed by atoms with Crippen LogP contribution in [0.4, 0.5) is 11.5 Å². The molecule has 0 unspecified atom stereocenters. The van der Waals surface area contributed by atoms with Crippen molar-refractivity contribution in [1.82, 2.24) is 24.1 Å². The molecule has 8 heteroatoms. The average molecular weight is 406 g/mol. The molecule has 8 nitrogen and oxygen atoms in total. The maximum Gasteiger partial charge on any atom is 0.350 e. The number of pyridine rings is 2. The van der Waals surface area contributed by atoms with Crippen LogP contribution in [0.15, 0.2) is 35.4 Å². The van der Waals surface area contributed by atoms with Crippen LogP contribution in [0.25, 0.3) is 5.65 Å². The number of carbonyl (C=O) groups excluding carboxylic acids is 1. The molecule has 0 spiro atoms. The van der Waals surface area contributed by atoms with Crippen molar-refractivity contribution in [3.8, 4) is 0 Å². The molecule has 0 bridgehead atoms. The molecule has 1 fully saturated rings. The predicted molar refractivity (Wildman–Crippen MR) is 114 cm³/mol. The molecule has 5 rings (SSSR count). The van der Waals surface area contributed by atoms with Crippen molar-refractivity contribution in [3.05, 3.63) is 52.2 Å². The van der Waals surface area contributed by atoms with Gasteiger partial charge in [0.25, 0.3) is 5.91 Å². The lowest BCUT2D eigenvalue weighted by molar-refractivity contribution is 0.0682. The zero-order valence-corrected chi connectivity index (χ0v) is 17.4. The molecule has 2 aliphatic heterocycles. The lowest BCUT2D eigenvalue weighted by Crippen LogP contribution is -2.39. The van der Waals surface area contributed by atoms with E-state index in [-0.39, 0.29) is 11.6 Å². The van der Waals surface area contributed by atoms with Gasteiger partial charge in [0.05, 0.1) is 5.56 Å². The molecule has 0 radical (unpaired) electrons. The number of amides is 1. The Balaban J connectivity index is 1.46. The number of carbonyl (C=O) groups is 1. The minimum atomic E-state index is -0.163. The van der Waals surface area contributed by atoms with E-state index >= 15 is 0 Å². The normalized spacial score (nSPS) is 19.2. The largest absolute Gasteiger partial charge is 0.350 e. The van der Waals surface area contributed by atoms with Crippen molar-refractivity contribution in [2.45, 2.75) is 32.6 Å². The number of hydrogen-bond donors (Lipinski definition) is 0. The van der Waals surface area contributed by atoms with E-state index in [1.54, 1.807) is 19.4 Å². The summed E-state index contributed by atoms with van der Waals surface area (Å²) in [6.45, 7) is 4.69. The van der Waals surface area contributed by atoms with E-state index in [1.807, 2.05) is 23.1 Å². The lowest BCUT2D eigenvalue weighted by atomic mass is 9.99. The van der Waals surface area contributed by atoms with Crippen molar-refractivity contribution < 1.29 is 4.79 Å². The molecule has 2 aliphatic rings. The summed E-state index contributed by atoms with van der Waals surface area (Å²) >= 11 is 0.